The number of nitrogens with one attached hydrogen (secondary N) is 2. The highest BCUT2D eigenvalue weighted by Crippen LogP contribution is 2.31. The van der Waals surface area contributed by atoms with Crippen molar-refractivity contribution in [3.05, 3.63) is 70.2 Å². The maximum Gasteiger partial charge on any atom is 0.103 e. The molecule has 134 valence electrons. The highest BCUT2D eigenvalue weighted by atomic mass is 15.4. The van der Waals surface area contributed by atoms with Crippen LogP contribution in [-0.2, 0) is 19.5 Å². The molecule has 2 heterocycles. The minimum atomic E-state index is 0.666. The van der Waals surface area contributed by atoms with Crippen molar-refractivity contribution in [3.63, 3.8) is 0 Å². The summed E-state index contributed by atoms with van der Waals surface area (Å²) in [5, 5.41) is 1.82. The van der Waals surface area contributed by atoms with E-state index in [-0.39, 0.29) is 0 Å². The number of aromatic amines is 1. The SMILES string of the molecule is Cc1ccc(Cc2ccc3c(c2)CN(N)Cc2[nH]c(C)nc2-3)c(NN)c1. The highest BCUT2D eigenvalue weighted by molar-refractivity contribution is 5.68. The summed E-state index contributed by atoms with van der Waals surface area (Å²) in [5.74, 6) is 12.8. The molecule has 0 saturated heterocycles. The van der Waals surface area contributed by atoms with Gasteiger partial charge in [0.1, 0.15) is 5.82 Å². The van der Waals surface area contributed by atoms with Gasteiger partial charge in [-0.05, 0) is 48.6 Å². The fraction of sp³-hybridized carbons (Fsp3) is 0.250. The number of imidazole rings is 1. The number of nitrogens with two attached hydrogens (primary N) is 2. The number of nitrogen functional groups attached to an aromatic ring is 1. The Hall–Kier alpha value is -2.67. The first kappa shape index (κ1) is 16.8. The van der Waals surface area contributed by atoms with Gasteiger partial charge >= 0.3 is 0 Å². The van der Waals surface area contributed by atoms with Crippen LogP contribution in [0.5, 0.6) is 0 Å². The van der Waals surface area contributed by atoms with Crippen molar-refractivity contribution >= 4 is 5.69 Å². The summed E-state index contributed by atoms with van der Waals surface area (Å²) < 4.78 is 0. The molecular weight excluding hydrogens is 324 g/mol. The van der Waals surface area contributed by atoms with Gasteiger partial charge in [-0.15, -0.1) is 0 Å². The van der Waals surface area contributed by atoms with Gasteiger partial charge in [-0.3, -0.25) is 11.7 Å². The van der Waals surface area contributed by atoms with E-state index >= 15 is 0 Å². The molecule has 1 aliphatic heterocycles. The van der Waals surface area contributed by atoms with Gasteiger partial charge in [0.2, 0.25) is 0 Å². The van der Waals surface area contributed by atoms with Crippen LogP contribution in [0.4, 0.5) is 5.69 Å². The number of hydrazine groups is 2. The first-order valence-corrected chi connectivity index (χ1v) is 8.77. The Morgan fingerprint density at radius 2 is 2.00 bits per heavy atom. The number of aromatic nitrogens is 2. The van der Waals surface area contributed by atoms with Crippen LogP contribution in [0.25, 0.3) is 11.3 Å². The zero-order valence-corrected chi connectivity index (χ0v) is 15.1. The molecule has 26 heavy (non-hydrogen) atoms. The van der Waals surface area contributed by atoms with Crippen LogP contribution >= 0.6 is 0 Å². The first-order valence-electron chi connectivity index (χ1n) is 8.77. The zero-order chi connectivity index (χ0) is 18.3. The maximum atomic E-state index is 6.20. The number of hydrogen-bond donors (Lipinski definition) is 4. The van der Waals surface area contributed by atoms with Gasteiger partial charge in [-0.1, -0.05) is 30.3 Å². The summed E-state index contributed by atoms with van der Waals surface area (Å²) in [6.07, 6.45) is 0.810. The summed E-state index contributed by atoms with van der Waals surface area (Å²) in [6.45, 7) is 5.40. The van der Waals surface area contributed by atoms with E-state index in [2.05, 4.69) is 58.7 Å². The molecule has 4 rings (SSSR count). The number of aryl methyl sites for hydroxylation is 2. The van der Waals surface area contributed by atoms with E-state index in [1.165, 1.54) is 22.3 Å². The molecule has 6 nitrogen and oxygen atoms in total. The lowest BCUT2D eigenvalue weighted by atomic mass is 9.96. The number of anilines is 1. The molecule has 0 bridgehead atoms. The summed E-state index contributed by atoms with van der Waals surface area (Å²) >= 11 is 0. The summed E-state index contributed by atoms with van der Waals surface area (Å²) in [4.78, 5) is 8.00. The standard InChI is InChI=1S/C20H24N6/c1-12-3-5-15(18(7-12)25-21)8-14-4-6-17-16(9-14)10-26(22)11-19-20(17)24-13(2)23-19/h3-7,9,25H,8,10-11,21-22H2,1-2H3,(H,23,24). The Labute approximate surface area is 153 Å². The van der Waals surface area contributed by atoms with E-state index in [4.69, 9.17) is 11.7 Å². The van der Waals surface area contributed by atoms with Gasteiger partial charge in [0.25, 0.3) is 0 Å². The van der Waals surface area contributed by atoms with E-state index in [0.717, 1.165) is 34.9 Å². The average molecular weight is 348 g/mol. The van der Waals surface area contributed by atoms with Gasteiger partial charge < -0.3 is 10.4 Å². The Balaban J connectivity index is 1.72. The second-order valence-electron chi connectivity index (χ2n) is 7.03. The molecule has 0 spiro atoms. The summed E-state index contributed by atoms with van der Waals surface area (Å²) in [6, 6.07) is 12.9. The molecule has 0 amide bonds. The predicted octanol–water partition coefficient (Wildman–Crippen LogP) is 2.76. The van der Waals surface area contributed by atoms with E-state index < -0.39 is 0 Å². The van der Waals surface area contributed by atoms with Crippen LogP contribution in [0.2, 0.25) is 0 Å². The van der Waals surface area contributed by atoms with Crippen LogP contribution in [0.1, 0.15) is 33.8 Å². The van der Waals surface area contributed by atoms with E-state index in [9.17, 15) is 0 Å². The van der Waals surface area contributed by atoms with Gasteiger partial charge in [-0.25, -0.2) is 9.99 Å². The normalized spacial score (nSPS) is 13.8. The summed E-state index contributed by atoms with van der Waals surface area (Å²) in [7, 11) is 0. The van der Waals surface area contributed by atoms with Crippen LogP contribution in [0.3, 0.4) is 0 Å². The van der Waals surface area contributed by atoms with E-state index in [1.807, 2.05) is 11.9 Å². The predicted molar refractivity (Wildman–Crippen MR) is 104 cm³/mol. The smallest absolute Gasteiger partial charge is 0.103 e. The van der Waals surface area contributed by atoms with Crippen molar-refractivity contribution < 1.29 is 0 Å². The minimum absolute atomic E-state index is 0.666. The second-order valence-corrected chi connectivity index (χ2v) is 7.03. The molecule has 0 unspecified atom stereocenters. The van der Waals surface area contributed by atoms with Crippen molar-refractivity contribution in [3.8, 4) is 11.3 Å². The molecule has 1 aliphatic rings. The van der Waals surface area contributed by atoms with Crippen molar-refractivity contribution in [1.29, 1.82) is 0 Å². The van der Waals surface area contributed by atoms with Crippen molar-refractivity contribution in [1.82, 2.24) is 15.0 Å². The summed E-state index contributed by atoms with van der Waals surface area (Å²) in [5.41, 5.74) is 11.8. The molecule has 3 aromatic rings. The number of hydrogen-bond acceptors (Lipinski definition) is 5. The van der Waals surface area contributed by atoms with E-state index in [1.54, 1.807) is 0 Å². The Kier molecular flexibility index (Phi) is 4.24. The maximum absolute atomic E-state index is 6.20. The highest BCUT2D eigenvalue weighted by Gasteiger charge is 2.21. The van der Waals surface area contributed by atoms with Gasteiger partial charge in [0.15, 0.2) is 0 Å². The third-order valence-corrected chi connectivity index (χ3v) is 4.87. The quantitative estimate of drug-likeness (QED) is 0.431. The lowest BCUT2D eigenvalue weighted by Gasteiger charge is -2.15. The number of benzene rings is 2. The van der Waals surface area contributed by atoms with Crippen molar-refractivity contribution in [2.24, 2.45) is 11.7 Å². The van der Waals surface area contributed by atoms with Crippen molar-refractivity contribution in [2.75, 3.05) is 5.43 Å². The molecule has 0 aliphatic carbocycles. The first-order chi connectivity index (χ1) is 12.5. The molecule has 1 aromatic heterocycles. The lowest BCUT2D eigenvalue weighted by molar-refractivity contribution is 0.266. The third-order valence-electron chi connectivity index (χ3n) is 4.87. The third kappa shape index (κ3) is 3.10. The lowest BCUT2D eigenvalue weighted by Crippen LogP contribution is -2.29. The number of fused-ring (bicyclic) bond motifs is 3. The number of rotatable bonds is 3. The monoisotopic (exact) mass is 348 g/mol. The van der Waals surface area contributed by atoms with Crippen molar-refractivity contribution in [2.45, 2.75) is 33.4 Å². The van der Waals surface area contributed by atoms with Crippen LogP contribution in [0.15, 0.2) is 36.4 Å². The Bertz CT molecular complexity index is 959. The zero-order valence-electron chi connectivity index (χ0n) is 15.1. The molecule has 0 radical (unpaired) electrons. The largest absolute Gasteiger partial charge is 0.344 e. The molecule has 6 N–H and O–H groups in total. The van der Waals surface area contributed by atoms with E-state index in [0.29, 0.717) is 13.1 Å². The Morgan fingerprint density at radius 3 is 2.81 bits per heavy atom. The molecule has 6 heteroatoms. The van der Waals surface area contributed by atoms with Gasteiger partial charge in [0, 0.05) is 12.1 Å². The minimum Gasteiger partial charge on any atom is -0.344 e. The number of nitrogens with zero attached hydrogens (tertiary/aromatic N) is 2. The fourth-order valence-corrected chi connectivity index (χ4v) is 3.67. The number of H-pyrrole nitrogens is 1. The Morgan fingerprint density at radius 1 is 1.15 bits per heavy atom. The van der Waals surface area contributed by atoms with Crippen LogP contribution in [-0.4, -0.2) is 15.0 Å². The van der Waals surface area contributed by atoms with Crippen LogP contribution < -0.4 is 17.1 Å². The van der Waals surface area contributed by atoms with Gasteiger partial charge in [0.05, 0.1) is 23.6 Å². The van der Waals surface area contributed by atoms with Crippen LogP contribution in [0, 0.1) is 13.8 Å². The second kappa shape index (κ2) is 6.57. The molecular formula is C20H24N6. The molecule has 0 fully saturated rings. The average Bonchev–Trinajstić information content (AvgIpc) is 2.90. The fourth-order valence-electron chi connectivity index (χ4n) is 3.67. The topological polar surface area (TPSA) is 96.0 Å². The molecule has 0 atom stereocenters. The molecule has 0 saturated carbocycles. The van der Waals surface area contributed by atoms with Gasteiger partial charge in [-0.2, -0.15) is 0 Å². The molecule has 2 aromatic carbocycles.